The molecule has 0 aromatic rings. The molecule has 0 radical (unpaired) electrons. The van der Waals surface area contributed by atoms with Crippen LogP contribution in [0.3, 0.4) is 0 Å². The molecule has 42 valence electrons. The van der Waals surface area contributed by atoms with E-state index in [1.807, 2.05) is 0 Å². The fraction of sp³-hybridized carbons (Fsp3) is 1.00. The van der Waals surface area contributed by atoms with Crippen molar-refractivity contribution in [3.05, 3.63) is 0 Å². The van der Waals surface area contributed by atoms with Gasteiger partial charge in [-0.3, -0.25) is 0 Å². The molecule has 0 aliphatic rings. The standard InChI is InChI=1S/C6H15B/c1-3-6(4-2)5-7/h6H,3-5,7H2,1-2H3. The Morgan fingerprint density at radius 3 is 1.71 bits per heavy atom. The molecule has 0 N–H and O–H groups in total. The second-order valence-electron chi connectivity index (χ2n) is 2.09. The zero-order valence-electron chi connectivity index (χ0n) is 5.70. The highest BCUT2D eigenvalue weighted by Gasteiger charge is 1.95. The van der Waals surface area contributed by atoms with Gasteiger partial charge in [0, 0.05) is 0 Å². The summed E-state index contributed by atoms with van der Waals surface area (Å²) in [5.41, 5.74) is 0. The Labute approximate surface area is 47.7 Å². The molecular weight excluding hydrogens is 82.9 g/mol. The molecule has 0 amide bonds. The van der Waals surface area contributed by atoms with E-state index in [-0.39, 0.29) is 0 Å². The van der Waals surface area contributed by atoms with Crippen molar-refractivity contribution in [2.24, 2.45) is 5.92 Å². The van der Waals surface area contributed by atoms with Gasteiger partial charge in [0.05, 0.1) is 0 Å². The monoisotopic (exact) mass is 98.1 g/mol. The molecule has 0 saturated carbocycles. The molecule has 1 heteroatoms. The Hall–Kier alpha value is 0.0649. The van der Waals surface area contributed by atoms with Crippen molar-refractivity contribution in [2.75, 3.05) is 0 Å². The molecule has 0 rings (SSSR count). The van der Waals surface area contributed by atoms with Crippen LogP contribution in [-0.4, -0.2) is 7.85 Å². The summed E-state index contributed by atoms with van der Waals surface area (Å²) in [6, 6.07) is 0. The molecule has 0 aromatic heterocycles. The van der Waals surface area contributed by atoms with Crippen molar-refractivity contribution in [3.63, 3.8) is 0 Å². The van der Waals surface area contributed by atoms with Crippen LogP contribution in [0.4, 0.5) is 0 Å². The van der Waals surface area contributed by atoms with Gasteiger partial charge < -0.3 is 0 Å². The average Bonchev–Trinajstić information content (AvgIpc) is 1.72. The van der Waals surface area contributed by atoms with Gasteiger partial charge in [-0.15, -0.1) is 0 Å². The van der Waals surface area contributed by atoms with Crippen molar-refractivity contribution in [3.8, 4) is 0 Å². The van der Waals surface area contributed by atoms with Gasteiger partial charge in [-0.05, 0) is 5.92 Å². The van der Waals surface area contributed by atoms with Crippen LogP contribution in [0.2, 0.25) is 6.32 Å². The maximum Gasteiger partial charge on any atom is 0.101 e. The maximum absolute atomic E-state index is 2.26. The first-order valence-electron chi connectivity index (χ1n) is 3.35. The number of hydrogen-bond donors (Lipinski definition) is 0. The number of rotatable bonds is 3. The van der Waals surface area contributed by atoms with Crippen molar-refractivity contribution in [1.82, 2.24) is 0 Å². The smallest absolute Gasteiger partial charge is 0.0783 e. The van der Waals surface area contributed by atoms with Gasteiger partial charge in [-0.1, -0.05) is 33.0 Å². The SMILES string of the molecule is BCC(CC)CC. The van der Waals surface area contributed by atoms with Crippen molar-refractivity contribution in [1.29, 1.82) is 0 Å². The highest BCUT2D eigenvalue weighted by molar-refractivity contribution is 6.08. The highest BCUT2D eigenvalue weighted by Crippen LogP contribution is 2.09. The second-order valence-corrected chi connectivity index (χ2v) is 2.09. The Morgan fingerprint density at radius 2 is 1.71 bits per heavy atom. The molecule has 0 unspecified atom stereocenters. The Morgan fingerprint density at radius 1 is 1.29 bits per heavy atom. The van der Waals surface area contributed by atoms with Crippen LogP contribution in [0.5, 0.6) is 0 Å². The first-order valence-corrected chi connectivity index (χ1v) is 3.35. The topological polar surface area (TPSA) is 0 Å². The zero-order chi connectivity index (χ0) is 5.70. The van der Waals surface area contributed by atoms with E-state index in [0.29, 0.717) is 0 Å². The lowest BCUT2D eigenvalue weighted by Crippen LogP contribution is -1.93. The van der Waals surface area contributed by atoms with Crippen LogP contribution < -0.4 is 0 Å². The maximum atomic E-state index is 2.26. The molecule has 7 heavy (non-hydrogen) atoms. The number of hydrogen-bond acceptors (Lipinski definition) is 0. The summed E-state index contributed by atoms with van der Waals surface area (Å²) < 4.78 is 0. The predicted octanol–water partition coefficient (Wildman–Crippen LogP) is 1.47. The van der Waals surface area contributed by atoms with E-state index in [1.165, 1.54) is 19.2 Å². The Kier molecular flexibility index (Phi) is 4.27. The lowest BCUT2D eigenvalue weighted by molar-refractivity contribution is 0.544. The molecule has 0 aliphatic carbocycles. The van der Waals surface area contributed by atoms with Gasteiger partial charge in [-0.2, -0.15) is 0 Å². The summed E-state index contributed by atoms with van der Waals surface area (Å²) in [6.45, 7) is 4.52. The molecule has 0 atom stereocenters. The van der Waals surface area contributed by atoms with Crippen LogP contribution in [0.1, 0.15) is 26.7 Å². The molecule has 0 heterocycles. The lowest BCUT2D eigenvalue weighted by Gasteiger charge is -2.05. The minimum Gasteiger partial charge on any atom is -0.0783 e. The van der Waals surface area contributed by atoms with Crippen molar-refractivity contribution < 1.29 is 0 Å². The third-order valence-corrected chi connectivity index (χ3v) is 1.73. The van der Waals surface area contributed by atoms with Gasteiger partial charge in [0.2, 0.25) is 0 Å². The van der Waals surface area contributed by atoms with Crippen LogP contribution >= 0.6 is 0 Å². The molecular formula is C6H15B. The quantitative estimate of drug-likeness (QED) is 0.469. The largest absolute Gasteiger partial charge is 0.101 e. The van der Waals surface area contributed by atoms with Crippen LogP contribution in [-0.2, 0) is 0 Å². The molecule has 0 fully saturated rings. The zero-order valence-corrected chi connectivity index (χ0v) is 5.70. The minimum atomic E-state index is 0.986. The summed E-state index contributed by atoms with van der Waals surface area (Å²) in [5.74, 6) is 0.986. The van der Waals surface area contributed by atoms with Gasteiger partial charge in [-0.25, -0.2) is 0 Å². The molecule has 0 spiro atoms. The summed E-state index contributed by atoms with van der Waals surface area (Å²) in [5, 5.41) is 0. The molecule has 0 saturated heterocycles. The first-order chi connectivity index (χ1) is 3.35. The Balaban J connectivity index is 2.99. The van der Waals surface area contributed by atoms with E-state index < -0.39 is 0 Å². The molecule has 0 nitrogen and oxygen atoms in total. The predicted molar refractivity (Wildman–Crippen MR) is 37.4 cm³/mol. The second kappa shape index (κ2) is 4.23. The van der Waals surface area contributed by atoms with Crippen molar-refractivity contribution >= 4 is 7.85 Å². The Bertz CT molecular complexity index is 25.7. The van der Waals surface area contributed by atoms with E-state index in [1.54, 1.807) is 0 Å². The fourth-order valence-corrected chi connectivity index (χ4v) is 0.866. The summed E-state index contributed by atoms with van der Waals surface area (Å²) in [6.07, 6.45) is 4.06. The average molecular weight is 98.0 g/mol. The van der Waals surface area contributed by atoms with Crippen LogP contribution in [0, 0.1) is 5.92 Å². The van der Waals surface area contributed by atoms with Gasteiger partial charge in [0.25, 0.3) is 0 Å². The van der Waals surface area contributed by atoms with Gasteiger partial charge in [0.15, 0.2) is 0 Å². The van der Waals surface area contributed by atoms with Gasteiger partial charge >= 0.3 is 0 Å². The summed E-state index contributed by atoms with van der Waals surface area (Å²) >= 11 is 0. The third-order valence-electron chi connectivity index (χ3n) is 1.73. The summed E-state index contributed by atoms with van der Waals surface area (Å²) in [4.78, 5) is 0. The van der Waals surface area contributed by atoms with Crippen LogP contribution in [0.25, 0.3) is 0 Å². The lowest BCUT2D eigenvalue weighted by atomic mass is 9.88. The molecule has 0 aromatic carbocycles. The molecule has 0 aliphatic heterocycles. The molecule has 0 bridgehead atoms. The van der Waals surface area contributed by atoms with E-state index >= 15 is 0 Å². The summed E-state index contributed by atoms with van der Waals surface area (Å²) in [7, 11) is 2.26. The highest BCUT2D eigenvalue weighted by atomic mass is 14.0. The minimum absolute atomic E-state index is 0.986. The van der Waals surface area contributed by atoms with Crippen LogP contribution in [0.15, 0.2) is 0 Å². The first kappa shape index (κ1) is 7.06. The van der Waals surface area contributed by atoms with Crippen molar-refractivity contribution in [2.45, 2.75) is 33.0 Å². The fourth-order valence-electron chi connectivity index (χ4n) is 0.866. The van der Waals surface area contributed by atoms with E-state index in [2.05, 4.69) is 21.7 Å². The third kappa shape index (κ3) is 2.72. The van der Waals surface area contributed by atoms with E-state index in [9.17, 15) is 0 Å². The van der Waals surface area contributed by atoms with Gasteiger partial charge in [0.1, 0.15) is 7.85 Å². The van der Waals surface area contributed by atoms with E-state index in [0.717, 1.165) is 5.92 Å². The normalized spacial score (nSPS) is 10.1. The van der Waals surface area contributed by atoms with E-state index in [4.69, 9.17) is 0 Å².